The van der Waals surface area contributed by atoms with Crippen LogP contribution >= 0.6 is 0 Å². The third-order valence-corrected chi connectivity index (χ3v) is 2.69. The molecule has 0 unspecified atom stereocenters. The van der Waals surface area contributed by atoms with Crippen LogP contribution in [0.4, 0.5) is 0 Å². The normalized spacial score (nSPS) is 10.6. The first-order valence-electron chi connectivity index (χ1n) is 5.72. The third-order valence-electron chi connectivity index (χ3n) is 2.69. The minimum absolute atomic E-state index is 0.268. The Morgan fingerprint density at radius 2 is 1.88 bits per heavy atom. The molecule has 0 atom stereocenters. The highest BCUT2D eigenvalue weighted by atomic mass is 16.1. The van der Waals surface area contributed by atoms with Crippen molar-refractivity contribution in [1.82, 2.24) is 5.32 Å². The standard InChI is InChI=1S/C14H16N2O/c15-14(17)7-8-16-10-11-5-6-12-3-1-2-4-13(12)9-11/h1-6,9,16H,7-8,10H2,(H2,15,17). The summed E-state index contributed by atoms with van der Waals surface area (Å²) in [5.41, 5.74) is 6.28. The summed E-state index contributed by atoms with van der Waals surface area (Å²) in [4.78, 5) is 10.6. The summed E-state index contributed by atoms with van der Waals surface area (Å²) in [5, 5.41) is 5.68. The molecule has 2 aromatic carbocycles. The van der Waals surface area contributed by atoms with Crippen LogP contribution in [0.15, 0.2) is 42.5 Å². The molecule has 0 aromatic heterocycles. The first-order chi connectivity index (χ1) is 8.25. The molecule has 17 heavy (non-hydrogen) atoms. The van der Waals surface area contributed by atoms with Gasteiger partial charge in [-0.15, -0.1) is 0 Å². The van der Waals surface area contributed by atoms with Gasteiger partial charge in [-0.25, -0.2) is 0 Å². The average Bonchev–Trinajstić information content (AvgIpc) is 2.34. The second-order valence-electron chi connectivity index (χ2n) is 4.07. The van der Waals surface area contributed by atoms with Gasteiger partial charge in [0.15, 0.2) is 0 Å². The molecule has 0 fully saturated rings. The lowest BCUT2D eigenvalue weighted by atomic mass is 10.1. The Balaban J connectivity index is 1.97. The number of hydrogen-bond donors (Lipinski definition) is 2. The fraction of sp³-hybridized carbons (Fsp3) is 0.214. The van der Waals surface area contributed by atoms with E-state index in [1.807, 2.05) is 12.1 Å². The van der Waals surface area contributed by atoms with Crippen molar-refractivity contribution >= 4 is 16.7 Å². The molecule has 2 aromatic rings. The van der Waals surface area contributed by atoms with Crippen LogP contribution in [0.25, 0.3) is 10.8 Å². The van der Waals surface area contributed by atoms with Crippen molar-refractivity contribution in [3.63, 3.8) is 0 Å². The summed E-state index contributed by atoms with van der Waals surface area (Å²) < 4.78 is 0. The number of hydrogen-bond acceptors (Lipinski definition) is 2. The fourth-order valence-corrected chi connectivity index (χ4v) is 1.79. The van der Waals surface area contributed by atoms with Crippen molar-refractivity contribution < 1.29 is 4.79 Å². The Kier molecular flexibility index (Phi) is 3.73. The maximum atomic E-state index is 10.6. The van der Waals surface area contributed by atoms with Gasteiger partial charge in [-0.2, -0.15) is 0 Å². The van der Waals surface area contributed by atoms with Gasteiger partial charge in [-0.05, 0) is 22.4 Å². The molecule has 0 saturated heterocycles. The molecule has 0 aliphatic rings. The SMILES string of the molecule is NC(=O)CCNCc1ccc2ccccc2c1. The van der Waals surface area contributed by atoms with E-state index in [-0.39, 0.29) is 5.91 Å². The number of nitrogens with one attached hydrogen (secondary N) is 1. The van der Waals surface area contributed by atoms with Crippen LogP contribution < -0.4 is 11.1 Å². The molecule has 2 rings (SSSR count). The zero-order valence-electron chi connectivity index (χ0n) is 9.65. The molecular formula is C14H16N2O. The molecule has 0 radical (unpaired) electrons. The van der Waals surface area contributed by atoms with E-state index in [9.17, 15) is 4.79 Å². The zero-order chi connectivity index (χ0) is 12.1. The second-order valence-corrected chi connectivity index (χ2v) is 4.07. The number of rotatable bonds is 5. The Morgan fingerprint density at radius 1 is 1.12 bits per heavy atom. The smallest absolute Gasteiger partial charge is 0.218 e. The Hall–Kier alpha value is -1.87. The highest BCUT2D eigenvalue weighted by molar-refractivity contribution is 5.82. The number of fused-ring (bicyclic) bond motifs is 1. The van der Waals surface area contributed by atoms with Crippen molar-refractivity contribution in [3.05, 3.63) is 48.0 Å². The quantitative estimate of drug-likeness (QED) is 0.767. The van der Waals surface area contributed by atoms with Crippen LogP contribution in [-0.2, 0) is 11.3 Å². The van der Waals surface area contributed by atoms with E-state index >= 15 is 0 Å². The minimum Gasteiger partial charge on any atom is -0.370 e. The van der Waals surface area contributed by atoms with Gasteiger partial charge >= 0.3 is 0 Å². The summed E-state index contributed by atoms with van der Waals surface area (Å²) in [5.74, 6) is -0.268. The number of carbonyl (C=O) groups is 1. The Morgan fingerprint density at radius 3 is 2.65 bits per heavy atom. The molecule has 0 bridgehead atoms. The van der Waals surface area contributed by atoms with Gasteiger partial charge in [0.1, 0.15) is 0 Å². The molecular weight excluding hydrogens is 212 g/mol. The lowest BCUT2D eigenvalue weighted by Gasteiger charge is -2.05. The molecule has 0 aliphatic carbocycles. The number of primary amides is 1. The largest absolute Gasteiger partial charge is 0.370 e. The lowest BCUT2D eigenvalue weighted by Crippen LogP contribution is -2.21. The first kappa shape index (κ1) is 11.6. The van der Waals surface area contributed by atoms with Gasteiger partial charge < -0.3 is 11.1 Å². The van der Waals surface area contributed by atoms with E-state index in [0.717, 1.165) is 6.54 Å². The summed E-state index contributed by atoms with van der Waals surface area (Å²) in [6.07, 6.45) is 0.383. The molecule has 88 valence electrons. The summed E-state index contributed by atoms with van der Waals surface area (Å²) >= 11 is 0. The van der Waals surface area contributed by atoms with E-state index in [4.69, 9.17) is 5.73 Å². The third kappa shape index (κ3) is 3.29. The Bertz CT molecular complexity index is 522. The predicted molar refractivity (Wildman–Crippen MR) is 69.5 cm³/mol. The molecule has 3 nitrogen and oxygen atoms in total. The average molecular weight is 228 g/mol. The molecule has 0 saturated carbocycles. The van der Waals surface area contributed by atoms with Gasteiger partial charge in [0.05, 0.1) is 0 Å². The van der Waals surface area contributed by atoms with Gasteiger partial charge in [-0.1, -0.05) is 36.4 Å². The molecule has 0 aliphatic heterocycles. The Labute approximate surface area is 101 Å². The highest BCUT2D eigenvalue weighted by Crippen LogP contribution is 2.15. The van der Waals surface area contributed by atoms with E-state index < -0.39 is 0 Å². The monoisotopic (exact) mass is 228 g/mol. The molecule has 0 heterocycles. The van der Waals surface area contributed by atoms with Crippen molar-refractivity contribution in [3.8, 4) is 0 Å². The maximum Gasteiger partial charge on any atom is 0.218 e. The second kappa shape index (κ2) is 5.46. The minimum atomic E-state index is -0.268. The summed E-state index contributed by atoms with van der Waals surface area (Å²) in [7, 11) is 0. The zero-order valence-corrected chi connectivity index (χ0v) is 9.65. The summed E-state index contributed by atoms with van der Waals surface area (Å²) in [6.45, 7) is 1.39. The van der Waals surface area contributed by atoms with Gasteiger partial charge in [0, 0.05) is 19.5 Å². The highest BCUT2D eigenvalue weighted by Gasteiger charge is 1.97. The topological polar surface area (TPSA) is 55.1 Å². The van der Waals surface area contributed by atoms with Crippen molar-refractivity contribution in [2.75, 3.05) is 6.54 Å². The van der Waals surface area contributed by atoms with Crippen molar-refractivity contribution in [2.45, 2.75) is 13.0 Å². The first-order valence-corrected chi connectivity index (χ1v) is 5.72. The molecule has 3 heteroatoms. The number of carbonyl (C=O) groups excluding carboxylic acids is 1. The molecule has 0 spiro atoms. The van der Waals surface area contributed by atoms with Crippen LogP contribution in [0.3, 0.4) is 0 Å². The lowest BCUT2D eigenvalue weighted by molar-refractivity contribution is -0.117. The van der Waals surface area contributed by atoms with Crippen LogP contribution in [0.1, 0.15) is 12.0 Å². The van der Waals surface area contributed by atoms with E-state index in [1.165, 1.54) is 16.3 Å². The van der Waals surface area contributed by atoms with E-state index in [2.05, 4.69) is 35.6 Å². The fourth-order valence-electron chi connectivity index (χ4n) is 1.79. The van der Waals surface area contributed by atoms with Gasteiger partial charge in [0.25, 0.3) is 0 Å². The van der Waals surface area contributed by atoms with Gasteiger partial charge in [0.2, 0.25) is 5.91 Å². The number of nitrogens with two attached hydrogens (primary N) is 1. The predicted octanol–water partition coefficient (Wildman–Crippen LogP) is 1.80. The van der Waals surface area contributed by atoms with Crippen LogP contribution in [0, 0.1) is 0 Å². The van der Waals surface area contributed by atoms with Gasteiger partial charge in [-0.3, -0.25) is 4.79 Å². The van der Waals surface area contributed by atoms with Crippen molar-refractivity contribution in [1.29, 1.82) is 0 Å². The van der Waals surface area contributed by atoms with Crippen LogP contribution in [0.2, 0.25) is 0 Å². The summed E-state index contributed by atoms with van der Waals surface area (Å²) in [6, 6.07) is 14.6. The van der Waals surface area contributed by atoms with E-state index in [1.54, 1.807) is 0 Å². The van der Waals surface area contributed by atoms with Crippen LogP contribution in [0.5, 0.6) is 0 Å². The number of benzene rings is 2. The van der Waals surface area contributed by atoms with Crippen molar-refractivity contribution in [2.24, 2.45) is 5.73 Å². The number of amides is 1. The van der Waals surface area contributed by atoms with Crippen LogP contribution in [-0.4, -0.2) is 12.5 Å². The molecule has 3 N–H and O–H groups in total. The van der Waals surface area contributed by atoms with E-state index in [0.29, 0.717) is 13.0 Å². The molecule has 1 amide bonds. The maximum absolute atomic E-state index is 10.6.